The van der Waals surface area contributed by atoms with E-state index in [1.807, 2.05) is 0 Å². The van der Waals surface area contributed by atoms with Crippen molar-refractivity contribution in [2.24, 2.45) is 5.92 Å². The van der Waals surface area contributed by atoms with Gasteiger partial charge in [0, 0.05) is 25.8 Å². The second-order valence-corrected chi connectivity index (χ2v) is 9.92. The van der Waals surface area contributed by atoms with E-state index >= 15 is 0 Å². The summed E-state index contributed by atoms with van der Waals surface area (Å²) in [7, 11) is 0. The van der Waals surface area contributed by atoms with Gasteiger partial charge in [-0.1, -0.05) is 0 Å². The fourth-order valence-corrected chi connectivity index (χ4v) is 4.95. The lowest BCUT2D eigenvalue weighted by Gasteiger charge is -2.32. The number of rotatable bonds is 7. The number of halogens is 3. The van der Waals surface area contributed by atoms with Crippen molar-refractivity contribution in [1.82, 2.24) is 25.6 Å². The minimum absolute atomic E-state index is 0.145. The maximum absolute atomic E-state index is 13.4. The molecule has 0 unspecified atom stereocenters. The molecule has 0 aliphatic carbocycles. The Balaban J connectivity index is 1.16. The van der Waals surface area contributed by atoms with E-state index in [0.29, 0.717) is 42.9 Å². The Morgan fingerprint density at radius 3 is 2.68 bits per heavy atom. The Hall–Kier alpha value is -3.71. The highest BCUT2D eigenvalue weighted by Crippen LogP contribution is 2.32. The summed E-state index contributed by atoms with van der Waals surface area (Å²) >= 11 is 0.834. The highest BCUT2D eigenvalue weighted by molar-refractivity contribution is 8.18. The topological polar surface area (TPSA) is 113 Å². The minimum Gasteiger partial charge on any atom is -0.463 e. The maximum atomic E-state index is 13.4. The molecule has 0 radical (unpaired) electrons. The van der Waals surface area contributed by atoms with Crippen molar-refractivity contribution >= 4 is 34.9 Å². The molecule has 0 atom stereocenters. The standard InChI is InChI=1S/C25H23F3N6O3S/c26-25(27,28)16-10-18(31-19(11-16)20-2-1-9-37-20)14-29-13-15-4-7-34(8-5-15)23-30-6-3-17(32-23)12-21-22(35)33-24(36)38-21/h1-3,6,9-12,15,29H,4-5,7-8,13-14H2,(H,33,35,36)/b21-12-. The van der Waals surface area contributed by atoms with Crippen molar-refractivity contribution in [3.05, 3.63) is 64.6 Å². The van der Waals surface area contributed by atoms with Gasteiger partial charge in [-0.2, -0.15) is 13.2 Å². The second-order valence-electron chi connectivity index (χ2n) is 8.90. The molecule has 9 nitrogen and oxygen atoms in total. The first-order valence-electron chi connectivity index (χ1n) is 11.9. The molecule has 5 heterocycles. The maximum Gasteiger partial charge on any atom is 0.416 e. The molecule has 5 rings (SSSR count). The highest BCUT2D eigenvalue weighted by Gasteiger charge is 2.32. The van der Waals surface area contributed by atoms with E-state index in [4.69, 9.17) is 4.42 Å². The van der Waals surface area contributed by atoms with Crippen LogP contribution in [0.15, 0.2) is 52.1 Å². The fourth-order valence-electron chi connectivity index (χ4n) is 4.28. The van der Waals surface area contributed by atoms with E-state index in [2.05, 4.69) is 30.5 Å². The summed E-state index contributed by atoms with van der Waals surface area (Å²) in [6.07, 6.45) is 1.79. The third kappa shape index (κ3) is 6.22. The SMILES string of the molecule is O=C1NC(=O)/C(=C/c2ccnc(N3CCC(CNCc4cc(C(F)(F)F)cc(-c5ccco5)n4)CC3)n2)S1. The summed E-state index contributed by atoms with van der Waals surface area (Å²) in [6.45, 7) is 2.26. The van der Waals surface area contributed by atoms with Gasteiger partial charge in [-0.25, -0.2) is 15.0 Å². The van der Waals surface area contributed by atoms with Gasteiger partial charge in [-0.3, -0.25) is 14.9 Å². The molecule has 13 heteroatoms. The Kier molecular flexibility index (Phi) is 7.47. The summed E-state index contributed by atoms with van der Waals surface area (Å²) in [5, 5.41) is 5.05. The molecule has 0 saturated carbocycles. The smallest absolute Gasteiger partial charge is 0.416 e. The van der Waals surface area contributed by atoms with Gasteiger partial charge in [0.05, 0.1) is 28.1 Å². The molecule has 2 N–H and O–H groups in total. The summed E-state index contributed by atoms with van der Waals surface area (Å²) < 4.78 is 45.5. The van der Waals surface area contributed by atoms with Gasteiger partial charge in [0.15, 0.2) is 5.76 Å². The van der Waals surface area contributed by atoms with Crippen LogP contribution in [-0.2, 0) is 17.5 Å². The number of alkyl halides is 3. The van der Waals surface area contributed by atoms with Gasteiger partial charge in [0.1, 0.15) is 5.69 Å². The van der Waals surface area contributed by atoms with Crippen molar-refractivity contribution in [2.75, 3.05) is 24.5 Å². The Bertz CT molecular complexity index is 1350. The van der Waals surface area contributed by atoms with Gasteiger partial charge < -0.3 is 14.6 Å². The number of aromatic nitrogens is 3. The van der Waals surface area contributed by atoms with Gasteiger partial charge >= 0.3 is 6.18 Å². The van der Waals surface area contributed by atoms with Gasteiger partial charge in [-0.15, -0.1) is 0 Å². The number of imide groups is 1. The first-order chi connectivity index (χ1) is 18.2. The van der Waals surface area contributed by atoms with Gasteiger partial charge in [0.25, 0.3) is 11.1 Å². The van der Waals surface area contributed by atoms with Gasteiger partial charge in [0.2, 0.25) is 5.95 Å². The molecule has 2 saturated heterocycles. The zero-order chi connectivity index (χ0) is 26.7. The number of nitrogens with zero attached hydrogens (tertiary/aromatic N) is 4. The fraction of sp³-hybridized carbons (Fsp3) is 0.320. The summed E-state index contributed by atoms with van der Waals surface area (Å²) in [5.74, 6) is 0.715. The number of thioether (sulfide) groups is 1. The lowest BCUT2D eigenvalue weighted by atomic mass is 9.97. The molecule has 2 amide bonds. The van der Waals surface area contributed by atoms with E-state index < -0.39 is 22.9 Å². The molecular formula is C25H23F3N6O3S. The number of piperidine rings is 1. The number of carbonyl (C=O) groups excluding carboxylic acids is 2. The number of amides is 2. The van der Waals surface area contributed by atoms with Crippen LogP contribution in [0.1, 0.15) is 29.8 Å². The summed E-state index contributed by atoms with van der Waals surface area (Å²) in [4.78, 5) is 38.7. The largest absolute Gasteiger partial charge is 0.463 e. The zero-order valence-corrected chi connectivity index (χ0v) is 20.8. The number of hydrogen-bond donors (Lipinski definition) is 2. The molecule has 198 valence electrons. The third-order valence-electron chi connectivity index (χ3n) is 6.20. The zero-order valence-electron chi connectivity index (χ0n) is 20.0. The molecule has 2 fully saturated rings. The average molecular weight is 545 g/mol. The molecule has 2 aliphatic rings. The molecule has 0 bridgehead atoms. The van der Waals surface area contributed by atoms with Crippen molar-refractivity contribution in [3.8, 4) is 11.5 Å². The van der Waals surface area contributed by atoms with Crippen molar-refractivity contribution in [1.29, 1.82) is 0 Å². The van der Waals surface area contributed by atoms with Crippen LogP contribution in [0.25, 0.3) is 17.5 Å². The molecular weight excluding hydrogens is 521 g/mol. The Labute approximate surface area is 219 Å². The van der Waals surface area contributed by atoms with E-state index in [9.17, 15) is 22.8 Å². The lowest BCUT2D eigenvalue weighted by molar-refractivity contribution is -0.137. The molecule has 0 aromatic carbocycles. The van der Waals surface area contributed by atoms with Gasteiger partial charge in [-0.05, 0) is 73.5 Å². The van der Waals surface area contributed by atoms with E-state index in [1.165, 1.54) is 6.26 Å². The monoisotopic (exact) mass is 544 g/mol. The number of nitrogens with one attached hydrogen (secondary N) is 2. The Morgan fingerprint density at radius 2 is 2.00 bits per heavy atom. The highest BCUT2D eigenvalue weighted by atomic mass is 32.2. The van der Waals surface area contributed by atoms with E-state index in [1.54, 1.807) is 30.5 Å². The van der Waals surface area contributed by atoms with Crippen LogP contribution in [0.4, 0.5) is 23.9 Å². The minimum atomic E-state index is -4.48. The summed E-state index contributed by atoms with van der Waals surface area (Å²) in [6, 6.07) is 6.91. The van der Waals surface area contributed by atoms with Crippen molar-refractivity contribution in [3.63, 3.8) is 0 Å². The summed E-state index contributed by atoms with van der Waals surface area (Å²) in [5.41, 5.74) is 0.208. The predicted molar refractivity (Wildman–Crippen MR) is 135 cm³/mol. The Morgan fingerprint density at radius 1 is 1.18 bits per heavy atom. The molecule has 2 aliphatic heterocycles. The second kappa shape index (κ2) is 11.0. The normalized spacial score (nSPS) is 17.9. The molecule has 3 aromatic rings. The average Bonchev–Trinajstić information content (AvgIpc) is 3.54. The number of anilines is 1. The first-order valence-corrected chi connectivity index (χ1v) is 12.7. The third-order valence-corrected chi connectivity index (χ3v) is 7.01. The predicted octanol–water partition coefficient (Wildman–Crippen LogP) is 4.48. The lowest BCUT2D eigenvalue weighted by Crippen LogP contribution is -2.38. The quantitative estimate of drug-likeness (QED) is 0.416. The van der Waals surface area contributed by atoms with Crippen molar-refractivity contribution in [2.45, 2.75) is 25.6 Å². The van der Waals surface area contributed by atoms with Crippen LogP contribution in [-0.4, -0.2) is 45.7 Å². The van der Waals surface area contributed by atoms with E-state index in [-0.39, 0.29) is 22.9 Å². The number of furan rings is 1. The molecule has 3 aromatic heterocycles. The first kappa shape index (κ1) is 25.9. The van der Waals surface area contributed by atoms with E-state index in [0.717, 1.165) is 36.7 Å². The van der Waals surface area contributed by atoms with Crippen LogP contribution in [0.5, 0.6) is 0 Å². The van der Waals surface area contributed by atoms with Crippen LogP contribution in [0.3, 0.4) is 0 Å². The van der Waals surface area contributed by atoms with Crippen LogP contribution < -0.4 is 15.5 Å². The van der Waals surface area contributed by atoms with Crippen LogP contribution >= 0.6 is 11.8 Å². The number of pyridine rings is 1. The van der Waals surface area contributed by atoms with Crippen molar-refractivity contribution < 1.29 is 27.2 Å². The molecule has 38 heavy (non-hydrogen) atoms. The van der Waals surface area contributed by atoms with Crippen LogP contribution in [0.2, 0.25) is 0 Å². The number of carbonyl (C=O) groups is 2. The molecule has 0 spiro atoms. The van der Waals surface area contributed by atoms with Crippen LogP contribution in [0, 0.1) is 5.92 Å². The number of hydrogen-bond acceptors (Lipinski definition) is 9.